The molecule has 7 nitrogen and oxygen atoms in total. The number of para-hydroxylation sites is 2. The summed E-state index contributed by atoms with van der Waals surface area (Å²) in [6.07, 6.45) is 4.38. The third-order valence-electron chi connectivity index (χ3n) is 5.25. The zero-order valence-electron chi connectivity index (χ0n) is 14.1. The van der Waals surface area contributed by atoms with Crippen molar-refractivity contribution in [3.05, 3.63) is 34.4 Å². The number of carbonyl (C=O) groups is 1. The quantitative estimate of drug-likeness (QED) is 0.657. The molecule has 130 valence electrons. The third-order valence-corrected chi connectivity index (χ3v) is 5.25. The van der Waals surface area contributed by atoms with E-state index in [0.717, 1.165) is 12.8 Å². The number of nitro groups is 1. The molecular weight excluding hydrogens is 308 g/mol. The first kappa shape index (κ1) is 16.7. The second-order valence-corrected chi connectivity index (χ2v) is 6.87. The molecule has 2 saturated heterocycles. The van der Waals surface area contributed by atoms with Gasteiger partial charge in [0.1, 0.15) is 5.69 Å². The second kappa shape index (κ2) is 6.76. The Labute approximate surface area is 141 Å². The fraction of sp³-hybridized carbons (Fsp3) is 0.588. The van der Waals surface area contributed by atoms with Crippen molar-refractivity contribution in [3.8, 4) is 0 Å². The molecule has 2 unspecified atom stereocenters. The number of nitro benzene ring substituents is 1. The molecule has 7 heteroatoms. The van der Waals surface area contributed by atoms with Crippen molar-refractivity contribution in [3.63, 3.8) is 0 Å². The van der Waals surface area contributed by atoms with E-state index < -0.39 is 4.92 Å². The van der Waals surface area contributed by atoms with Crippen molar-refractivity contribution in [1.29, 1.82) is 0 Å². The zero-order chi connectivity index (χ0) is 17.3. The summed E-state index contributed by atoms with van der Waals surface area (Å²) in [5, 5.41) is 14.7. The maximum atomic E-state index is 12.6. The van der Waals surface area contributed by atoms with Gasteiger partial charge in [-0.25, -0.2) is 0 Å². The summed E-state index contributed by atoms with van der Waals surface area (Å²) < 4.78 is 0. The van der Waals surface area contributed by atoms with Crippen LogP contribution in [0.25, 0.3) is 0 Å². The lowest BCUT2D eigenvalue weighted by Crippen LogP contribution is -2.50. The molecule has 2 atom stereocenters. The number of nitrogens with zero attached hydrogens (tertiary/aromatic N) is 3. The number of carbonyl (C=O) groups excluding carboxylic acids is 1. The molecule has 2 bridgehead atoms. The Morgan fingerprint density at radius 3 is 2.50 bits per heavy atom. The summed E-state index contributed by atoms with van der Waals surface area (Å²) in [5.41, 5.74) is 0.491. The molecule has 1 aromatic rings. The Kier molecular flexibility index (Phi) is 4.71. The number of piperidine rings is 1. The molecule has 0 aliphatic carbocycles. The second-order valence-electron chi connectivity index (χ2n) is 6.87. The Balaban J connectivity index is 1.65. The molecule has 1 amide bonds. The number of nitrogens with one attached hydrogen (secondary N) is 1. The van der Waals surface area contributed by atoms with Crippen LogP contribution in [0.15, 0.2) is 24.3 Å². The number of hydrogen-bond acceptors (Lipinski definition) is 5. The molecule has 24 heavy (non-hydrogen) atoms. The van der Waals surface area contributed by atoms with Crippen molar-refractivity contribution < 1.29 is 9.72 Å². The number of hydrogen-bond donors (Lipinski definition) is 1. The fourth-order valence-corrected chi connectivity index (χ4v) is 3.89. The molecule has 0 aromatic heterocycles. The Bertz CT molecular complexity index is 624. The summed E-state index contributed by atoms with van der Waals surface area (Å²) in [6.45, 7) is 0.139. The van der Waals surface area contributed by atoms with Crippen LogP contribution in [0.5, 0.6) is 0 Å². The van der Waals surface area contributed by atoms with E-state index in [-0.39, 0.29) is 24.2 Å². The number of amides is 1. The van der Waals surface area contributed by atoms with Gasteiger partial charge in [0.25, 0.3) is 5.69 Å². The van der Waals surface area contributed by atoms with Crippen LogP contribution in [0.2, 0.25) is 0 Å². The van der Waals surface area contributed by atoms with E-state index in [1.165, 1.54) is 18.9 Å². The highest BCUT2D eigenvalue weighted by atomic mass is 16.6. The first-order chi connectivity index (χ1) is 11.5. The lowest BCUT2D eigenvalue weighted by atomic mass is 9.98. The summed E-state index contributed by atoms with van der Waals surface area (Å²) in [5.74, 6) is 0.00181. The molecule has 1 aromatic carbocycles. The largest absolute Gasteiger partial charge is 0.360 e. The van der Waals surface area contributed by atoms with Gasteiger partial charge in [0, 0.05) is 38.3 Å². The van der Waals surface area contributed by atoms with Gasteiger partial charge < -0.3 is 15.1 Å². The minimum Gasteiger partial charge on any atom is -0.360 e. The lowest BCUT2D eigenvalue weighted by molar-refractivity contribution is -0.384. The maximum Gasteiger partial charge on any atom is 0.292 e. The predicted octanol–water partition coefficient (Wildman–Crippen LogP) is 1.77. The van der Waals surface area contributed by atoms with E-state index in [1.807, 2.05) is 11.9 Å². The van der Waals surface area contributed by atoms with Crippen molar-refractivity contribution in [2.24, 2.45) is 0 Å². The van der Waals surface area contributed by atoms with Gasteiger partial charge in [-0.3, -0.25) is 14.9 Å². The molecule has 2 fully saturated rings. The van der Waals surface area contributed by atoms with Crippen molar-refractivity contribution in [2.75, 3.05) is 25.5 Å². The molecule has 0 spiro atoms. The Morgan fingerprint density at radius 2 is 1.88 bits per heavy atom. The number of anilines is 1. The van der Waals surface area contributed by atoms with E-state index >= 15 is 0 Å². The number of rotatable bonds is 5. The predicted molar refractivity (Wildman–Crippen MR) is 92.1 cm³/mol. The highest BCUT2D eigenvalue weighted by molar-refractivity contribution is 5.82. The summed E-state index contributed by atoms with van der Waals surface area (Å²) in [6, 6.07) is 7.83. The molecule has 2 heterocycles. The Hall–Kier alpha value is -2.15. The van der Waals surface area contributed by atoms with Crippen molar-refractivity contribution >= 4 is 17.3 Å². The number of fused-ring (bicyclic) bond motifs is 2. The molecule has 0 saturated carbocycles. The third kappa shape index (κ3) is 3.36. The van der Waals surface area contributed by atoms with Crippen LogP contribution in [0, 0.1) is 10.1 Å². The van der Waals surface area contributed by atoms with Crippen LogP contribution in [-0.4, -0.2) is 54.5 Å². The van der Waals surface area contributed by atoms with E-state index in [1.54, 1.807) is 30.1 Å². The van der Waals surface area contributed by atoms with Crippen LogP contribution >= 0.6 is 0 Å². The maximum absolute atomic E-state index is 12.6. The Morgan fingerprint density at radius 1 is 1.25 bits per heavy atom. The lowest BCUT2D eigenvalue weighted by Gasteiger charge is -2.36. The SMILES string of the molecule is CN(CC(=O)N(C)C1CC2CCC(C1)N2)c1ccccc1[N+](=O)[O-]. The van der Waals surface area contributed by atoms with E-state index in [0.29, 0.717) is 17.8 Å². The number of likely N-dealkylation sites (N-methyl/N-ethyl adjacent to an activating group) is 2. The average molecular weight is 332 g/mol. The number of benzene rings is 1. The van der Waals surface area contributed by atoms with Crippen molar-refractivity contribution in [1.82, 2.24) is 10.2 Å². The van der Waals surface area contributed by atoms with Crippen LogP contribution < -0.4 is 10.2 Å². The van der Waals surface area contributed by atoms with Gasteiger partial charge in [0.05, 0.1) is 11.5 Å². The fourth-order valence-electron chi connectivity index (χ4n) is 3.89. The summed E-state index contributed by atoms with van der Waals surface area (Å²) >= 11 is 0. The van der Waals surface area contributed by atoms with Crippen LogP contribution in [-0.2, 0) is 4.79 Å². The van der Waals surface area contributed by atoms with Gasteiger partial charge in [-0.2, -0.15) is 0 Å². The van der Waals surface area contributed by atoms with E-state index in [2.05, 4.69) is 5.32 Å². The van der Waals surface area contributed by atoms with E-state index in [9.17, 15) is 14.9 Å². The van der Waals surface area contributed by atoms with Crippen molar-refractivity contribution in [2.45, 2.75) is 43.8 Å². The van der Waals surface area contributed by atoms with E-state index in [4.69, 9.17) is 0 Å². The molecule has 3 rings (SSSR count). The first-order valence-corrected chi connectivity index (χ1v) is 8.42. The molecule has 0 radical (unpaired) electrons. The van der Waals surface area contributed by atoms with Crippen LogP contribution in [0.3, 0.4) is 0 Å². The normalized spacial score (nSPS) is 25.3. The molecule has 2 aliphatic heterocycles. The zero-order valence-corrected chi connectivity index (χ0v) is 14.1. The standard InChI is InChI=1S/C17H24N4O3/c1-19(15-5-3-4-6-16(15)21(23)24)11-17(22)20(2)14-9-12-7-8-13(10-14)18-12/h3-6,12-14,18H,7-11H2,1-2H3. The van der Waals surface area contributed by atoms with Gasteiger partial charge in [-0.05, 0) is 31.7 Å². The molecular formula is C17H24N4O3. The average Bonchev–Trinajstić information content (AvgIpc) is 2.91. The highest BCUT2D eigenvalue weighted by Gasteiger charge is 2.36. The van der Waals surface area contributed by atoms with Crippen LogP contribution in [0.1, 0.15) is 25.7 Å². The minimum atomic E-state index is -0.412. The van der Waals surface area contributed by atoms with Gasteiger partial charge in [-0.1, -0.05) is 12.1 Å². The topological polar surface area (TPSA) is 78.7 Å². The molecule has 1 N–H and O–H groups in total. The highest BCUT2D eigenvalue weighted by Crippen LogP contribution is 2.30. The monoisotopic (exact) mass is 332 g/mol. The first-order valence-electron chi connectivity index (χ1n) is 8.42. The van der Waals surface area contributed by atoms with Gasteiger partial charge in [-0.15, -0.1) is 0 Å². The van der Waals surface area contributed by atoms with Gasteiger partial charge in [0.15, 0.2) is 0 Å². The summed E-state index contributed by atoms with van der Waals surface area (Å²) in [7, 11) is 3.57. The summed E-state index contributed by atoms with van der Waals surface area (Å²) in [4.78, 5) is 26.9. The smallest absolute Gasteiger partial charge is 0.292 e. The van der Waals surface area contributed by atoms with Crippen LogP contribution in [0.4, 0.5) is 11.4 Å². The molecule has 2 aliphatic rings. The van der Waals surface area contributed by atoms with Gasteiger partial charge >= 0.3 is 0 Å². The minimum absolute atomic E-state index is 0.00181. The van der Waals surface area contributed by atoms with Gasteiger partial charge in [0.2, 0.25) is 5.91 Å².